The van der Waals surface area contributed by atoms with Crippen LogP contribution in [0, 0.1) is 34.5 Å². The molecule has 0 radical (unpaired) electrons. The molecule has 6 aliphatic carbocycles. The number of aromatic nitrogens is 2. The Bertz CT molecular complexity index is 1850. The predicted octanol–water partition coefficient (Wildman–Crippen LogP) is 7.81. The van der Waals surface area contributed by atoms with E-state index in [1.807, 2.05) is 41.1 Å². The van der Waals surface area contributed by atoms with Crippen molar-refractivity contribution in [1.29, 1.82) is 0 Å². The predicted molar refractivity (Wildman–Crippen MR) is 214 cm³/mol. The molecule has 6 fully saturated rings. The molecule has 6 saturated carbocycles. The number of amides is 2. The highest BCUT2D eigenvalue weighted by Crippen LogP contribution is 2.63. The van der Waals surface area contributed by atoms with Crippen LogP contribution in [0.15, 0.2) is 53.3 Å². The summed E-state index contributed by atoms with van der Waals surface area (Å²) in [4.78, 5) is 31.0. The zero-order chi connectivity index (χ0) is 37.8. The molecule has 6 N–H and O–H groups in total. The van der Waals surface area contributed by atoms with Gasteiger partial charge < -0.3 is 40.2 Å². The molecule has 10 nitrogen and oxygen atoms in total. The molecule has 10 rings (SSSR count). The molecule has 6 aliphatic rings. The third kappa shape index (κ3) is 6.40. The van der Waals surface area contributed by atoms with E-state index in [1.165, 1.54) is 0 Å². The van der Waals surface area contributed by atoms with Crippen LogP contribution in [0.25, 0.3) is 21.8 Å². The molecule has 4 bridgehead atoms. The molecule has 290 valence electrons. The van der Waals surface area contributed by atoms with Crippen molar-refractivity contribution >= 4 is 72.5 Å². The number of aliphatic hydroxyl groups excluding tert-OH is 4. The number of halogens is 2. The zero-order valence-corrected chi connectivity index (χ0v) is 33.0. The van der Waals surface area contributed by atoms with Crippen LogP contribution in [0.4, 0.5) is 11.4 Å². The maximum atomic E-state index is 15.5. The summed E-state index contributed by atoms with van der Waals surface area (Å²) in [6, 6.07) is 9.99. The average molecular weight is 824 g/mol. The lowest BCUT2D eigenvalue weighted by atomic mass is 9.46. The normalized spacial score (nSPS) is 26.2. The van der Waals surface area contributed by atoms with Crippen molar-refractivity contribution in [2.24, 2.45) is 34.5 Å². The Morgan fingerprint density at radius 2 is 1.06 bits per heavy atom. The molecular formula is C42H52BrClN4O6. The van der Waals surface area contributed by atoms with E-state index in [2.05, 4.69) is 26.6 Å². The molecule has 2 aromatic heterocycles. The van der Waals surface area contributed by atoms with E-state index < -0.39 is 23.9 Å². The lowest BCUT2D eigenvalue weighted by Gasteiger charge is -2.57. The number of carbonyl (C=O) groups is 2. The van der Waals surface area contributed by atoms with Gasteiger partial charge in [0.15, 0.2) is 0 Å². The van der Waals surface area contributed by atoms with Gasteiger partial charge in [0.2, 0.25) is 11.8 Å². The SMILES string of the molecule is O=C(Nc1cn(C(CO)CO)c2cccc(Cl)c12)C(C(C(=O)Nc1cn(C(CO)CO)c2cccc(Br)c12)C12CCC(CC1)CC2)C12CCC(CC1)CC2. The van der Waals surface area contributed by atoms with Crippen LogP contribution >= 0.6 is 27.5 Å². The highest BCUT2D eigenvalue weighted by Gasteiger charge is 2.60. The van der Waals surface area contributed by atoms with Crippen LogP contribution in [0.1, 0.15) is 89.1 Å². The molecule has 54 heavy (non-hydrogen) atoms. The highest BCUT2D eigenvalue weighted by molar-refractivity contribution is 9.10. The van der Waals surface area contributed by atoms with E-state index >= 15 is 9.59 Å². The smallest absolute Gasteiger partial charge is 0.228 e. The fourth-order valence-electron chi connectivity index (χ4n) is 11.3. The van der Waals surface area contributed by atoms with Crippen molar-refractivity contribution in [3.63, 3.8) is 0 Å². The van der Waals surface area contributed by atoms with Crippen LogP contribution in [-0.2, 0) is 9.59 Å². The molecular weight excluding hydrogens is 772 g/mol. The summed E-state index contributed by atoms with van der Waals surface area (Å²) in [5.74, 6) is -0.227. The molecule has 2 amide bonds. The second kappa shape index (κ2) is 15.2. The lowest BCUT2D eigenvalue weighted by molar-refractivity contribution is -0.152. The van der Waals surface area contributed by atoms with Gasteiger partial charge in [0, 0.05) is 27.6 Å². The molecule has 4 aromatic rings. The van der Waals surface area contributed by atoms with E-state index in [0.717, 1.165) is 92.4 Å². The van der Waals surface area contributed by atoms with E-state index in [0.29, 0.717) is 39.1 Å². The van der Waals surface area contributed by atoms with E-state index in [9.17, 15) is 20.4 Å². The third-order valence-electron chi connectivity index (χ3n) is 14.3. The highest BCUT2D eigenvalue weighted by atomic mass is 79.9. The van der Waals surface area contributed by atoms with E-state index in [-0.39, 0.29) is 49.1 Å². The van der Waals surface area contributed by atoms with Gasteiger partial charge in [-0.05, 0) is 124 Å². The minimum atomic E-state index is -0.618. The molecule has 2 unspecified atom stereocenters. The fourth-order valence-corrected chi connectivity index (χ4v) is 12.1. The number of hydrogen-bond acceptors (Lipinski definition) is 6. The Balaban J connectivity index is 1.26. The van der Waals surface area contributed by atoms with Gasteiger partial charge in [0.05, 0.1) is 77.8 Å². The van der Waals surface area contributed by atoms with Crippen LogP contribution in [0.5, 0.6) is 0 Å². The lowest BCUT2D eigenvalue weighted by Crippen LogP contribution is -2.57. The van der Waals surface area contributed by atoms with Crippen LogP contribution < -0.4 is 10.6 Å². The average Bonchev–Trinajstić information content (AvgIpc) is 3.75. The topological polar surface area (TPSA) is 149 Å². The van der Waals surface area contributed by atoms with Gasteiger partial charge >= 0.3 is 0 Å². The summed E-state index contributed by atoms with van der Waals surface area (Å²) < 4.78 is 4.39. The van der Waals surface area contributed by atoms with Gasteiger partial charge in [0.1, 0.15) is 0 Å². The first-order valence-electron chi connectivity index (χ1n) is 19.8. The number of benzene rings is 2. The number of nitrogens with zero attached hydrogens (tertiary/aromatic N) is 2. The molecule has 0 aliphatic heterocycles. The van der Waals surface area contributed by atoms with Gasteiger partial charge in [-0.1, -0.05) is 39.7 Å². The molecule has 12 heteroatoms. The Labute approximate surface area is 329 Å². The Kier molecular flexibility index (Phi) is 10.7. The monoisotopic (exact) mass is 822 g/mol. The Hall–Kier alpha value is -2.93. The van der Waals surface area contributed by atoms with Crippen LogP contribution in [-0.4, -0.2) is 67.8 Å². The maximum Gasteiger partial charge on any atom is 0.228 e. The standard InChI is InChI=1S/C42H52BrClN4O6/c43-29-3-1-5-33-35(29)31(19-47(33)27(21-49)22-50)45-39(53)37(41-13-7-25(8-14-41)9-15-41)38(42-16-10-26(11-17-42)12-18-42)40(54)46-32-20-48(28(23-51)24-52)34-6-2-4-30(44)36(32)34/h1-6,19-20,25-28,37-38,49-52H,7-18,21-24H2,(H,45,53)(H,46,54). The summed E-state index contributed by atoms with van der Waals surface area (Å²) in [7, 11) is 0. The molecule has 2 heterocycles. The maximum absolute atomic E-state index is 15.5. The first-order chi connectivity index (χ1) is 26.2. The first kappa shape index (κ1) is 38.0. The third-order valence-corrected chi connectivity index (χ3v) is 15.3. The quantitative estimate of drug-likeness (QED) is 0.0811. The van der Waals surface area contributed by atoms with Gasteiger partial charge in [-0.2, -0.15) is 0 Å². The molecule has 0 spiro atoms. The van der Waals surface area contributed by atoms with Crippen LogP contribution in [0.3, 0.4) is 0 Å². The van der Waals surface area contributed by atoms with Crippen molar-refractivity contribution in [2.45, 2.75) is 89.1 Å². The van der Waals surface area contributed by atoms with Crippen molar-refractivity contribution in [3.8, 4) is 0 Å². The van der Waals surface area contributed by atoms with Gasteiger partial charge in [-0.15, -0.1) is 0 Å². The number of fused-ring (bicyclic) bond motifs is 8. The van der Waals surface area contributed by atoms with Gasteiger partial charge in [-0.3, -0.25) is 9.59 Å². The second-order valence-corrected chi connectivity index (χ2v) is 18.1. The fraction of sp³-hybridized carbons (Fsp3) is 0.571. The Morgan fingerprint density at radius 1 is 0.667 bits per heavy atom. The first-order valence-corrected chi connectivity index (χ1v) is 21.0. The number of aliphatic hydroxyl groups is 4. The number of rotatable bonds is 13. The van der Waals surface area contributed by atoms with Crippen LogP contribution in [0.2, 0.25) is 5.02 Å². The van der Waals surface area contributed by atoms with Gasteiger partial charge in [-0.25, -0.2) is 0 Å². The number of nitrogens with one attached hydrogen (secondary N) is 2. The number of carbonyl (C=O) groups excluding carboxylic acids is 2. The van der Waals surface area contributed by atoms with E-state index in [4.69, 9.17) is 11.6 Å². The molecule has 0 saturated heterocycles. The summed E-state index contributed by atoms with van der Waals surface area (Å²) in [6.07, 6.45) is 15.3. The minimum absolute atomic E-state index is 0.155. The zero-order valence-electron chi connectivity index (χ0n) is 30.7. The minimum Gasteiger partial charge on any atom is -0.394 e. The van der Waals surface area contributed by atoms with E-state index in [1.54, 1.807) is 16.8 Å². The van der Waals surface area contributed by atoms with Crippen molar-refractivity contribution in [2.75, 3.05) is 37.1 Å². The summed E-state index contributed by atoms with van der Waals surface area (Å²) in [6.45, 7) is -1.11. The number of anilines is 2. The summed E-state index contributed by atoms with van der Waals surface area (Å²) in [5, 5.41) is 49.2. The molecule has 2 atom stereocenters. The van der Waals surface area contributed by atoms with Crippen molar-refractivity contribution < 1.29 is 30.0 Å². The second-order valence-electron chi connectivity index (χ2n) is 16.8. The van der Waals surface area contributed by atoms with Crippen molar-refractivity contribution in [3.05, 3.63) is 58.3 Å². The number of hydrogen-bond donors (Lipinski definition) is 6. The van der Waals surface area contributed by atoms with Gasteiger partial charge in [0.25, 0.3) is 0 Å². The summed E-state index contributed by atoms with van der Waals surface area (Å²) in [5.41, 5.74) is 1.87. The van der Waals surface area contributed by atoms with Crippen molar-refractivity contribution in [1.82, 2.24) is 9.13 Å². The largest absolute Gasteiger partial charge is 0.394 e. The molecule has 2 aromatic carbocycles. The Morgan fingerprint density at radius 3 is 1.48 bits per heavy atom. The summed E-state index contributed by atoms with van der Waals surface area (Å²) >= 11 is 10.5.